The molecule has 2 nitrogen and oxygen atoms in total. The molecule has 1 aliphatic rings. The van der Waals surface area contributed by atoms with Crippen molar-refractivity contribution in [1.29, 1.82) is 0 Å². The molecule has 0 aliphatic carbocycles. The van der Waals surface area contributed by atoms with Crippen LogP contribution in [0.1, 0.15) is 6.42 Å². The molecule has 1 fully saturated rings. The minimum atomic E-state index is 0.0312. The van der Waals surface area contributed by atoms with Crippen molar-refractivity contribution in [3.05, 3.63) is 0 Å². The van der Waals surface area contributed by atoms with Crippen LogP contribution in [-0.4, -0.2) is 26.2 Å². The molecule has 0 aromatic rings. The molecule has 0 aromatic carbocycles. The third-order valence-corrected chi connectivity index (χ3v) is 1.42. The highest BCUT2D eigenvalue weighted by Crippen LogP contribution is 2.09. The number of rotatable bonds is 3. The van der Waals surface area contributed by atoms with E-state index < -0.39 is 0 Å². The molecule has 0 aromatic heterocycles. The highest BCUT2D eigenvalue weighted by atomic mass is 35.5. The van der Waals surface area contributed by atoms with Gasteiger partial charge in [-0.05, 0) is 12.7 Å². The molecule has 52 valence electrons. The molecule has 0 spiro atoms. The van der Waals surface area contributed by atoms with E-state index in [0.29, 0.717) is 12.5 Å². The van der Waals surface area contributed by atoms with E-state index in [9.17, 15) is 0 Å². The zero-order chi connectivity index (χ0) is 6.53. The van der Waals surface area contributed by atoms with Gasteiger partial charge in [0.15, 0.2) is 0 Å². The van der Waals surface area contributed by atoms with E-state index in [0.717, 1.165) is 19.3 Å². The quantitative estimate of drug-likeness (QED) is 0.442. The first-order valence-corrected chi connectivity index (χ1v) is 3.76. The Labute approximate surface area is 60.6 Å². The molecule has 1 aliphatic heterocycles. The van der Waals surface area contributed by atoms with Crippen molar-refractivity contribution < 1.29 is 9.31 Å². The summed E-state index contributed by atoms with van der Waals surface area (Å²) in [5.41, 5.74) is 0. The molecule has 4 heteroatoms. The van der Waals surface area contributed by atoms with Crippen molar-refractivity contribution in [3.63, 3.8) is 0 Å². The van der Waals surface area contributed by atoms with E-state index >= 15 is 0 Å². The Balaban J connectivity index is 1.98. The number of alkyl halides is 1. The smallest absolute Gasteiger partial charge is 0.411 e. The van der Waals surface area contributed by atoms with Crippen LogP contribution >= 0.6 is 11.6 Å². The van der Waals surface area contributed by atoms with Gasteiger partial charge in [0, 0.05) is 19.1 Å². The van der Waals surface area contributed by atoms with Crippen molar-refractivity contribution in [2.24, 2.45) is 0 Å². The lowest BCUT2D eigenvalue weighted by Crippen LogP contribution is -2.17. The zero-order valence-corrected chi connectivity index (χ0v) is 6.06. The summed E-state index contributed by atoms with van der Waals surface area (Å²) < 4.78 is 10.4. The summed E-state index contributed by atoms with van der Waals surface area (Å²) in [5, 5.41) is 0. The van der Waals surface area contributed by atoms with E-state index in [1.54, 1.807) is 0 Å². The van der Waals surface area contributed by atoms with Gasteiger partial charge in [-0.3, -0.25) is 0 Å². The van der Waals surface area contributed by atoms with Gasteiger partial charge in [-0.25, -0.2) is 0 Å². The van der Waals surface area contributed by atoms with Crippen LogP contribution in [-0.2, 0) is 9.31 Å². The maximum Gasteiger partial charge on any atom is 0.456 e. The predicted molar refractivity (Wildman–Crippen MR) is 37.8 cm³/mol. The molecule has 0 saturated carbocycles. The average molecular weight is 148 g/mol. The van der Waals surface area contributed by atoms with Crippen molar-refractivity contribution >= 4 is 18.7 Å². The Morgan fingerprint density at radius 2 is 2.56 bits per heavy atom. The minimum absolute atomic E-state index is 0.0312. The van der Waals surface area contributed by atoms with Crippen LogP contribution in [0.25, 0.3) is 0 Å². The molecule has 1 heterocycles. The third-order valence-electron chi connectivity index (χ3n) is 1.27. The van der Waals surface area contributed by atoms with Crippen molar-refractivity contribution in [2.45, 2.75) is 12.7 Å². The normalized spacial score (nSPS) is 19.0. The summed E-state index contributed by atoms with van der Waals surface area (Å²) >= 11 is 5.40. The second-order valence-electron chi connectivity index (χ2n) is 2.00. The molecule has 0 N–H and O–H groups in total. The van der Waals surface area contributed by atoms with E-state index in [1.165, 1.54) is 0 Å². The summed E-state index contributed by atoms with van der Waals surface area (Å²) in [6.07, 6.45) is 2.14. The van der Waals surface area contributed by atoms with E-state index in [1.807, 2.05) is 0 Å². The maximum absolute atomic E-state index is 5.40. The second kappa shape index (κ2) is 4.15. The highest BCUT2D eigenvalue weighted by Gasteiger charge is 2.22. The minimum Gasteiger partial charge on any atom is -0.411 e. The maximum atomic E-state index is 5.40. The van der Waals surface area contributed by atoms with Gasteiger partial charge in [0.25, 0.3) is 0 Å². The largest absolute Gasteiger partial charge is 0.456 e. The fraction of sp³-hybridized carbons (Fsp3) is 1.00. The Hall–Kier alpha value is 0.275. The van der Waals surface area contributed by atoms with E-state index in [4.69, 9.17) is 20.9 Å². The van der Waals surface area contributed by atoms with Crippen LogP contribution in [0.5, 0.6) is 0 Å². The fourth-order valence-electron chi connectivity index (χ4n) is 0.856. The Morgan fingerprint density at radius 3 is 3.11 bits per heavy atom. The summed E-state index contributed by atoms with van der Waals surface area (Å²) in [5.74, 6) is 0.555. The first kappa shape index (κ1) is 7.38. The lowest BCUT2D eigenvalue weighted by Gasteiger charge is -2.03. The van der Waals surface area contributed by atoms with Crippen LogP contribution in [0.3, 0.4) is 0 Å². The van der Waals surface area contributed by atoms with Crippen LogP contribution in [0.2, 0.25) is 6.32 Å². The Morgan fingerprint density at radius 1 is 1.67 bits per heavy atom. The fourth-order valence-corrected chi connectivity index (χ4v) is 0.945. The van der Waals surface area contributed by atoms with Gasteiger partial charge in [0.1, 0.15) is 0 Å². The van der Waals surface area contributed by atoms with Crippen LogP contribution < -0.4 is 0 Å². The topological polar surface area (TPSA) is 18.5 Å². The van der Waals surface area contributed by atoms with Crippen molar-refractivity contribution in [1.82, 2.24) is 0 Å². The molecule has 0 bridgehead atoms. The molecular formula is C5H10BClO2. The second-order valence-corrected chi connectivity index (χ2v) is 2.38. The van der Waals surface area contributed by atoms with E-state index in [2.05, 4.69) is 0 Å². The van der Waals surface area contributed by atoms with Crippen molar-refractivity contribution in [2.75, 3.05) is 19.1 Å². The predicted octanol–water partition coefficient (Wildman–Crippen LogP) is 1.15. The Bertz CT molecular complexity index is 75.4. The van der Waals surface area contributed by atoms with Gasteiger partial charge in [0.05, 0.1) is 0 Å². The van der Waals surface area contributed by atoms with Crippen LogP contribution in [0.4, 0.5) is 0 Å². The van der Waals surface area contributed by atoms with Gasteiger partial charge in [-0.1, -0.05) is 0 Å². The Kier molecular flexibility index (Phi) is 3.40. The lowest BCUT2D eigenvalue weighted by atomic mass is 9.86. The molecular weight excluding hydrogens is 138 g/mol. The molecule has 9 heavy (non-hydrogen) atoms. The number of halogens is 1. The average Bonchev–Trinajstić information content (AvgIpc) is 2.34. The lowest BCUT2D eigenvalue weighted by molar-refractivity contribution is 0.237. The molecule has 1 saturated heterocycles. The summed E-state index contributed by atoms with van der Waals surface area (Å²) in [6.45, 7) is 1.44. The summed E-state index contributed by atoms with van der Waals surface area (Å²) in [6, 6.07) is 0. The first-order valence-electron chi connectivity index (χ1n) is 3.22. The number of hydrogen-bond acceptors (Lipinski definition) is 2. The van der Waals surface area contributed by atoms with Crippen LogP contribution in [0.15, 0.2) is 0 Å². The van der Waals surface area contributed by atoms with Crippen molar-refractivity contribution in [3.8, 4) is 0 Å². The molecule has 0 atom stereocenters. The summed E-state index contributed by atoms with van der Waals surface area (Å²) in [4.78, 5) is 0. The third kappa shape index (κ3) is 2.56. The molecule has 1 rings (SSSR count). The monoisotopic (exact) mass is 148 g/mol. The first-order chi connectivity index (χ1) is 4.43. The van der Waals surface area contributed by atoms with Gasteiger partial charge >= 0.3 is 7.12 Å². The highest BCUT2D eigenvalue weighted by molar-refractivity contribution is 6.45. The summed E-state index contributed by atoms with van der Waals surface area (Å²) in [7, 11) is 0.0312. The molecule has 0 amide bonds. The van der Waals surface area contributed by atoms with Gasteiger partial charge in [0.2, 0.25) is 0 Å². The number of hydrogen-bond donors (Lipinski definition) is 0. The molecule has 0 unspecified atom stereocenters. The van der Waals surface area contributed by atoms with Gasteiger partial charge in [-0.15, -0.1) is 11.6 Å². The van der Waals surface area contributed by atoms with Gasteiger partial charge < -0.3 is 9.31 Å². The van der Waals surface area contributed by atoms with Gasteiger partial charge in [-0.2, -0.15) is 0 Å². The standard InChI is InChI=1S/C5H10BClO2/c7-3-5-9-6-2-1-4-8-6/h1-5H2. The van der Waals surface area contributed by atoms with Crippen LogP contribution in [0, 0.1) is 0 Å². The zero-order valence-electron chi connectivity index (χ0n) is 5.31. The van der Waals surface area contributed by atoms with E-state index in [-0.39, 0.29) is 7.12 Å². The molecule has 0 radical (unpaired) electrons. The SMILES string of the molecule is ClCCOB1CCCO1.